The summed E-state index contributed by atoms with van der Waals surface area (Å²) < 4.78 is 58.8. The van der Waals surface area contributed by atoms with Crippen LogP contribution in [0.5, 0.6) is 5.75 Å². The number of hydrazone groups is 1. The van der Waals surface area contributed by atoms with Crippen LogP contribution in [-0.2, 0) is 10.9 Å². The van der Waals surface area contributed by atoms with E-state index in [9.17, 15) is 22.7 Å². The van der Waals surface area contributed by atoms with Crippen molar-refractivity contribution >= 4 is 56.9 Å². The molecular formula is C22H18BrClF4N6O2. The fourth-order valence-electron chi connectivity index (χ4n) is 3.33. The lowest BCUT2D eigenvalue weighted by atomic mass is 10.1. The van der Waals surface area contributed by atoms with E-state index in [0.29, 0.717) is 30.8 Å². The van der Waals surface area contributed by atoms with Gasteiger partial charge in [0.05, 0.1) is 36.9 Å². The van der Waals surface area contributed by atoms with E-state index in [1.165, 1.54) is 24.4 Å². The molecule has 0 saturated carbocycles. The molecule has 0 atom stereocenters. The molecule has 1 aliphatic rings. The van der Waals surface area contributed by atoms with Crippen molar-refractivity contribution in [2.24, 2.45) is 5.10 Å². The molecule has 4 rings (SSSR count). The number of nitrogens with one attached hydrogen (secondary N) is 2. The Hall–Kier alpha value is -3.16. The summed E-state index contributed by atoms with van der Waals surface area (Å²) >= 11 is 9.58. The molecule has 0 unspecified atom stereocenters. The van der Waals surface area contributed by atoms with Crippen LogP contribution in [0.4, 0.5) is 40.7 Å². The van der Waals surface area contributed by atoms with Crippen LogP contribution >= 0.6 is 27.5 Å². The lowest BCUT2D eigenvalue weighted by molar-refractivity contribution is -0.137. The number of phenols is 1. The van der Waals surface area contributed by atoms with E-state index < -0.39 is 17.6 Å². The van der Waals surface area contributed by atoms with Crippen LogP contribution in [0.15, 0.2) is 46.1 Å². The summed E-state index contributed by atoms with van der Waals surface area (Å²) in [5.41, 5.74) is 2.21. The van der Waals surface area contributed by atoms with Gasteiger partial charge in [-0.1, -0.05) is 17.7 Å². The Balaban J connectivity index is 1.51. The average Bonchev–Trinajstić information content (AvgIpc) is 2.86. The van der Waals surface area contributed by atoms with E-state index in [4.69, 9.17) is 16.3 Å². The Kier molecular flexibility index (Phi) is 7.81. The van der Waals surface area contributed by atoms with Gasteiger partial charge in [0.1, 0.15) is 10.8 Å². The van der Waals surface area contributed by atoms with Crippen molar-refractivity contribution in [3.8, 4) is 5.75 Å². The summed E-state index contributed by atoms with van der Waals surface area (Å²) in [6.07, 6.45) is -2.25. The molecule has 1 fully saturated rings. The van der Waals surface area contributed by atoms with Gasteiger partial charge in [-0.2, -0.15) is 23.3 Å². The molecule has 8 nitrogen and oxygen atoms in total. The molecule has 3 N–H and O–H groups in total. The molecule has 2 heterocycles. The van der Waals surface area contributed by atoms with Gasteiger partial charge in [0.2, 0.25) is 5.95 Å². The van der Waals surface area contributed by atoms with Gasteiger partial charge < -0.3 is 20.1 Å². The SMILES string of the molecule is Oc1c(/C=N\Nc2ncc(F)c(N3CCOCC3)n2)cc(Br)c(Nc2cccc(C(F)(F)F)c2)c1Cl. The summed E-state index contributed by atoms with van der Waals surface area (Å²) in [4.78, 5) is 9.72. The molecule has 3 aromatic rings. The number of aromatic hydroxyl groups is 1. The number of anilines is 4. The molecule has 0 aliphatic carbocycles. The second-order valence-electron chi connectivity index (χ2n) is 7.52. The second kappa shape index (κ2) is 10.8. The zero-order valence-corrected chi connectivity index (χ0v) is 20.6. The normalized spacial score (nSPS) is 14.3. The molecule has 1 aromatic heterocycles. The predicted molar refractivity (Wildman–Crippen MR) is 132 cm³/mol. The highest BCUT2D eigenvalue weighted by Crippen LogP contribution is 2.41. The van der Waals surface area contributed by atoms with E-state index in [0.717, 1.165) is 18.3 Å². The molecule has 0 bridgehead atoms. The zero-order valence-electron chi connectivity index (χ0n) is 18.3. The monoisotopic (exact) mass is 588 g/mol. The van der Waals surface area contributed by atoms with E-state index in [1.54, 1.807) is 4.90 Å². The van der Waals surface area contributed by atoms with Gasteiger partial charge in [0.15, 0.2) is 11.6 Å². The summed E-state index contributed by atoms with van der Waals surface area (Å²) in [5.74, 6) is -0.802. The zero-order chi connectivity index (χ0) is 25.9. The first-order valence-corrected chi connectivity index (χ1v) is 11.6. The number of ether oxygens (including phenoxy) is 1. The number of halogens is 6. The third kappa shape index (κ3) is 5.97. The van der Waals surface area contributed by atoms with Crippen molar-refractivity contribution in [2.45, 2.75) is 6.18 Å². The van der Waals surface area contributed by atoms with Crippen molar-refractivity contribution in [3.05, 3.63) is 63.0 Å². The summed E-state index contributed by atoms with van der Waals surface area (Å²) in [5, 5.41) is 17.1. The number of rotatable bonds is 6. The number of hydrogen-bond acceptors (Lipinski definition) is 8. The average molecular weight is 590 g/mol. The van der Waals surface area contributed by atoms with Crippen LogP contribution in [-0.4, -0.2) is 47.6 Å². The highest BCUT2D eigenvalue weighted by atomic mass is 79.9. The molecule has 1 aliphatic heterocycles. The minimum absolute atomic E-state index is 0.0293. The molecule has 0 radical (unpaired) electrons. The fourth-order valence-corrected chi connectivity index (χ4v) is 4.24. The number of alkyl halides is 3. The molecule has 0 amide bonds. The lowest BCUT2D eigenvalue weighted by Gasteiger charge is -2.27. The third-order valence-corrected chi connectivity index (χ3v) is 6.08. The molecule has 14 heteroatoms. The topological polar surface area (TPSA) is 94.9 Å². The highest BCUT2D eigenvalue weighted by Gasteiger charge is 2.30. The van der Waals surface area contributed by atoms with Crippen molar-refractivity contribution in [3.63, 3.8) is 0 Å². The summed E-state index contributed by atoms with van der Waals surface area (Å²) in [7, 11) is 0. The Labute approximate surface area is 216 Å². The van der Waals surface area contributed by atoms with Crippen molar-refractivity contribution < 1.29 is 27.4 Å². The van der Waals surface area contributed by atoms with E-state index in [2.05, 4.69) is 41.7 Å². The lowest BCUT2D eigenvalue weighted by Crippen LogP contribution is -2.37. The Bertz CT molecular complexity index is 1290. The standard InChI is InChI=1S/C22H18BrClF4N6O2/c23-15-8-12(10-30-33-21-29-11-16(25)20(32-21)34-4-6-36-7-5-34)19(35)17(24)18(15)31-14-3-1-2-13(9-14)22(26,27)28/h1-3,8-11,31,35H,4-7H2,(H,29,32,33)/b30-10-. The molecular weight excluding hydrogens is 572 g/mol. The maximum atomic E-state index is 14.2. The quantitative estimate of drug-likeness (QED) is 0.191. The molecule has 0 spiro atoms. The van der Waals surface area contributed by atoms with Crippen molar-refractivity contribution in [2.75, 3.05) is 41.9 Å². The van der Waals surface area contributed by atoms with E-state index in [1.807, 2.05) is 0 Å². The van der Waals surface area contributed by atoms with Crippen LogP contribution in [0.25, 0.3) is 0 Å². The first-order valence-electron chi connectivity index (χ1n) is 10.4. The number of phenolic OH excluding ortho intramolecular Hbond substituents is 1. The Morgan fingerprint density at radius 2 is 1.97 bits per heavy atom. The molecule has 190 valence electrons. The van der Waals surface area contributed by atoms with Crippen LogP contribution in [0.2, 0.25) is 5.02 Å². The minimum Gasteiger partial charge on any atom is -0.506 e. The largest absolute Gasteiger partial charge is 0.506 e. The third-order valence-electron chi connectivity index (χ3n) is 5.09. The number of nitrogens with zero attached hydrogens (tertiary/aromatic N) is 4. The number of aromatic nitrogens is 2. The maximum Gasteiger partial charge on any atom is 0.416 e. The van der Waals surface area contributed by atoms with Gasteiger partial charge in [-0.15, -0.1) is 0 Å². The van der Waals surface area contributed by atoms with Gasteiger partial charge in [-0.3, -0.25) is 0 Å². The van der Waals surface area contributed by atoms with Gasteiger partial charge >= 0.3 is 6.18 Å². The predicted octanol–water partition coefficient (Wildman–Crippen LogP) is 5.78. The maximum absolute atomic E-state index is 14.2. The Morgan fingerprint density at radius 3 is 2.69 bits per heavy atom. The number of benzene rings is 2. The van der Waals surface area contributed by atoms with E-state index >= 15 is 0 Å². The fraction of sp³-hybridized carbons (Fsp3) is 0.227. The van der Waals surface area contributed by atoms with E-state index in [-0.39, 0.29) is 39.5 Å². The van der Waals surface area contributed by atoms with Gasteiger partial charge in [-0.05, 0) is 40.2 Å². The minimum atomic E-state index is -4.51. The first-order chi connectivity index (χ1) is 17.1. The van der Waals surface area contributed by atoms with Gasteiger partial charge in [-0.25, -0.2) is 14.8 Å². The molecule has 2 aromatic carbocycles. The molecule has 36 heavy (non-hydrogen) atoms. The van der Waals surface area contributed by atoms with Crippen LogP contribution in [0.1, 0.15) is 11.1 Å². The number of hydrogen-bond donors (Lipinski definition) is 3. The van der Waals surface area contributed by atoms with Crippen LogP contribution in [0, 0.1) is 5.82 Å². The van der Waals surface area contributed by atoms with Crippen LogP contribution in [0.3, 0.4) is 0 Å². The summed E-state index contributed by atoms with van der Waals surface area (Å²) in [6, 6.07) is 6.02. The second-order valence-corrected chi connectivity index (χ2v) is 8.76. The smallest absolute Gasteiger partial charge is 0.416 e. The van der Waals surface area contributed by atoms with Gasteiger partial charge in [0, 0.05) is 28.8 Å². The van der Waals surface area contributed by atoms with Gasteiger partial charge in [0.25, 0.3) is 0 Å². The first kappa shape index (κ1) is 25.9. The summed E-state index contributed by atoms with van der Waals surface area (Å²) in [6.45, 7) is 1.88. The van der Waals surface area contributed by atoms with Crippen LogP contribution < -0.4 is 15.6 Å². The number of morpholine rings is 1. The van der Waals surface area contributed by atoms with Crippen molar-refractivity contribution in [1.29, 1.82) is 0 Å². The van der Waals surface area contributed by atoms with Crippen molar-refractivity contribution in [1.82, 2.24) is 9.97 Å². The highest BCUT2D eigenvalue weighted by molar-refractivity contribution is 9.10. The Morgan fingerprint density at radius 1 is 1.22 bits per heavy atom. The molecule has 1 saturated heterocycles.